The van der Waals surface area contributed by atoms with Gasteiger partial charge in [0.25, 0.3) is 5.91 Å². The zero-order valence-corrected chi connectivity index (χ0v) is 16.2. The van der Waals surface area contributed by atoms with Gasteiger partial charge in [-0.3, -0.25) is 14.3 Å². The van der Waals surface area contributed by atoms with Crippen molar-refractivity contribution in [2.24, 2.45) is 5.92 Å². The minimum absolute atomic E-state index is 0.116. The number of hydrogen-bond acceptors (Lipinski definition) is 5. The number of carbonyl (C=O) groups excluding carboxylic acids is 2. The van der Waals surface area contributed by atoms with Gasteiger partial charge < -0.3 is 20.1 Å². The highest BCUT2D eigenvalue weighted by Gasteiger charge is 2.34. The van der Waals surface area contributed by atoms with Crippen molar-refractivity contribution in [3.8, 4) is 5.75 Å². The maximum atomic E-state index is 12.2. The number of nitrogens with zero attached hydrogens (tertiary/aromatic N) is 3. The van der Waals surface area contributed by atoms with Crippen molar-refractivity contribution in [3.05, 3.63) is 42.7 Å². The van der Waals surface area contributed by atoms with Crippen LogP contribution in [0.15, 0.2) is 42.7 Å². The number of aliphatic hydroxyl groups excluding tert-OH is 1. The summed E-state index contributed by atoms with van der Waals surface area (Å²) in [5, 5.41) is 17.3. The minimum Gasteiger partial charge on any atom is -0.484 e. The van der Waals surface area contributed by atoms with Gasteiger partial charge in [-0.25, -0.2) is 0 Å². The van der Waals surface area contributed by atoms with Crippen LogP contribution >= 0.6 is 0 Å². The molecule has 2 aliphatic rings. The van der Waals surface area contributed by atoms with Crippen molar-refractivity contribution in [1.29, 1.82) is 0 Å². The van der Waals surface area contributed by atoms with E-state index >= 15 is 0 Å². The lowest BCUT2D eigenvalue weighted by Crippen LogP contribution is -2.42. The smallest absolute Gasteiger partial charge is 0.258 e. The van der Waals surface area contributed by atoms with Gasteiger partial charge in [-0.1, -0.05) is 0 Å². The van der Waals surface area contributed by atoms with E-state index in [1.54, 1.807) is 23.2 Å². The topological polar surface area (TPSA) is 96.7 Å². The average molecular weight is 398 g/mol. The molecule has 0 spiro atoms. The summed E-state index contributed by atoms with van der Waals surface area (Å²) in [7, 11) is 0. The van der Waals surface area contributed by atoms with Gasteiger partial charge in [-0.15, -0.1) is 0 Å². The molecule has 1 aromatic heterocycles. The van der Waals surface area contributed by atoms with Gasteiger partial charge in [0, 0.05) is 37.6 Å². The number of carbonyl (C=O) groups is 2. The van der Waals surface area contributed by atoms with Gasteiger partial charge in [-0.05, 0) is 55.5 Å². The Morgan fingerprint density at radius 3 is 2.79 bits per heavy atom. The number of aromatic nitrogens is 2. The van der Waals surface area contributed by atoms with Crippen LogP contribution in [-0.4, -0.2) is 52.0 Å². The predicted octanol–water partition coefficient (Wildman–Crippen LogP) is 1.34. The molecule has 8 heteroatoms. The third-order valence-corrected chi connectivity index (χ3v) is 5.57. The second-order valence-electron chi connectivity index (χ2n) is 7.74. The van der Waals surface area contributed by atoms with Crippen LogP contribution in [0.5, 0.6) is 5.75 Å². The maximum absolute atomic E-state index is 12.2. The first kappa shape index (κ1) is 19.4. The Kier molecular flexibility index (Phi) is 5.80. The Morgan fingerprint density at radius 2 is 2.10 bits per heavy atom. The fourth-order valence-electron chi connectivity index (χ4n) is 4.14. The molecule has 1 saturated heterocycles. The molecule has 2 aromatic rings. The monoisotopic (exact) mass is 398 g/mol. The van der Waals surface area contributed by atoms with E-state index in [1.165, 1.54) is 0 Å². The SMILES string of the molecule is O=C(COc1ccc(N2CCCC2=O)cc1)N[C@@H]1CC(Cn2cccn2)C[C@H]1O. The molecule has 154 valence electrons. The number of nitrogens with one attached hydrogen (secondary N) is 1. The highest BCUT2D eigenvalue weighted by Crippen LogP contribution is 2.27. The van der Waals surface area contributed by atoms with Crippen LogP contribution in [0.2, 0.25) is 0 Å². The second kappa shape index (κ2) is 8.65. The van der Waals surface area contributed by atoms with Gasteiger partial charge in [0.1, 0.15) is 5.75 Å². The highest BCUT2D eigenvalue weighted by molar-refractivity contribution is 5.95. The van der Waals surface area contributed by atoms with E-state index < -0.39 is 6.10 Å². The Balaban J connectivity index is 1.23. The third-order valence-electron chi connectivity index (χ3n) is 5.57. The quantitative estimate of drug-likeness (QED) is 0.734. The van der Waals surface area contributed by atoms with Crippen molar-refractivity contribution in [1.82, 2.24) is 15.1 Å². The van der Waals surface area contributed by atoms with Crippen LogP contribution in [0.1, 0.15) is 25.7 Å². The zero-order valence-electron chi connectivity index (χ0n) is 16.2. The Bertz CT molecular complexity index is 837. The molecule has 0 bridgehead atoms. The van der Waals surface area contributed by atoms with Crippen LogP contribution in [0.4, 0.5) is 5.69 Å². The summed E-state index contributed by atoms with van der Waals surface area (Å²) in [5.41, 5.74) is 0.849. The summed E-state index contributed by atoms with van der Waals surface area (Å²) in [6.45, 7) is 1.36. The van der Waals surface area contributed by atoms with Gasteiger partial charge in [0.05, 0.1) is 12.1 Å². The number of ether oxygens (including phenoxy) is 1. The number of rotatable bonds is 7. The van der Waals surface area contributed by atoms with Gasteiger partial charge in [0.15, 0.2) is 6.61 Å². The molecule has 2 N–H and O–H groups in total. The summed E-state index contributed by atoms with van der Waals surface area (Å²) < 4.78 is 7.41. The molecule has 2 amide bonds. The van der Waals surface area contributed by atoms with Crippen molar-refractivity contribution in [2.75, 3.05) is 18.1 Å². The molecule has 29 heavy (non-hydrogen) atoms. The predicted molar refractivity (Wildman–Crippen MR) is 106 cm³/mol. The summed E-state index contributed by atoms with van der Waals surface area (Å²) >= 11 is 0. The maximum Gasteiger partial charge on any atom is 0.258 e. The molecule has 2 fully saturated rings. The molecule has 1 unspecified atom stereocenters. The minimum atomic E-state index is -0.559. The Labute approximate surface area is 169 Å². The van der Waals surface area contributed by atoms with Crippen LogP contribution in [0, 0.1) is 5.92 Å². The number of amides is 2. The molecule has 1 saturated carbocycles. The van der Waals surface area contributed by atoms with Gasteiger partial charge >= 0.3 is 0 Å². The molecular weight excluding hydrogens is 372 g/mol. The van der Waals surface area contributed by atoms with Crippen molar-refractivity contribution in [3.63, 3.8) is 0 Å². The second-order valence-corrected chi connectivity index (χ2v) is 7.74. The molecule has 3 atom stereocenters. The Hall–Kier alpha value is -2.87. The van der Waals surface area contributed by atoms with Gasteiger partial charge in [0.2, 0.25) is 5.91 Å². The van der Waals surface area contributed by atoms with E-state index in [0.29, 0.717) is 25.0 Å². The van der Waals surface area contributed by atoms with E-state index in [9.17, 15) is 14.7 Å². The number of anilines is 1. The number of hydrogen-bond donors (Lipinski definition) is 2. The number of benzene rings is 1. The van der Waals surface area contributed by atoms with E-state index in [4.69, 9.17) is 4.74 Å². The highest BCUT2D eigenvalue weighted by atomic mass is 16.5. The molecule has 8 nitrogen and oxygen atoms in total. The largest absolute Gasteiger partial charge is 0.484 e. The first-order chi connectivity index (χ1) is 14.1. The first-order valence-corrected chi connectivity index (χ1v) is 10.1. The third kappa shape index (κ3) is 4.76. The van der Waals surface area contributed by atoms with Crippen LogP contribution in [0.25, 0.3) is 0 Å². The first-order valence-electron chi connectivity index (χ1n) is 10.1. The van der Waals surface area contributed by atoms with Crippen molar-refractivity contribution in [2.45, 2.75) is 44.4 Å². The molecule has 1 aromatic carbocycles. The molecule has 0 radical (unpaired) electrons. The molecule has 4 rings (SSSR count). The van der Waals surface area contributed by atoms with Crippen molar-refractivity contribution < 1.29 is 19.4 Å². The van der Waals surface area contributed by atoms with E-state index in [0.717, 1.165) is 25.2 Å². The van der Waals surface area contributed by atoms with Gasteiger partial charge in [-0.2, -0.15) is 5.10 Å². The fourth-order valence-corrected chi connectivity index (χ4v) is 4.14. The zero-order chi connectivity index (χ0) is 20.2. The lowest BCUT2D eigenvalue weighted by Gasteiger charge is -2.17. The molecule has 2 heterocycles. The van der Waals surface area contributed by atoms with Crippen LogP contribution < -0.4 is 15.0 Å². The summed E-state index contributed by atoms with van der Waals surface area (Å²) in [6.07, 6.45) is 5.90. The fraction of sp³-hybridized carbons (Fsp3) is 0.476. The molecule has 1 aliphatic heterocycles. The number of aliphatic hydroxyl groups is 1. The average Bonchev–Trinajstić information content (AvgIpc) is 3.44. The normalized spacial score (nSPS) is 24.1. The summed E-state index contributed by atoms with van der Waals surface area (Å²) in [6, 6.07) is 8.79. The van der Waals surface area contributed by atoms with Crippen molar-refractivity contribution >= 4 is 17.5 Å². The summed E-state index contributed by atoms with van der Waals surface area (Å²) in [5.74, 6) is 0.725. The lowest BCUT2D eigenvalue weighted by molar-refractivity contribution is -0.124. The summed E-state index contributed by atoms with van der Waals surface area (Å²) in [4.78, 5) is 25.8. The Morgan fingerprint density at radius 1 is 1.28 bits per heavy atom. The van der Waals surface area contributed by atoms with E-state index in [-0.39, 0.29) is 30.4 Å². The lowest BCUT2D eigenvalue weighted by atomic mass is 10.1. The van der Waals surface area contributed by atoms with E-state index in [1.807, 2.05) is 29.1 Å². The van der Waals surface area contributed by atoms with Crippen LogP contribution in [0.3, 0.4) is 0 Å². The van der Waals surface area contributed by atoms with Crippen LogP contribution in [-0.2, 0) is 16.1 Å². The standard InChI is InChI=1S/C21H26N4O4/c26-19-12-15(13-24-9-2-8-22-24)11-18(19)23-20(27)14-29-17-6-4-16(5-7-17)25-10-1-3-21(25)28/h2,4-9,15,18-19,26H,1,3,10-14H2,(H,23,27)/t15?,18-,19-/m1/s1. The molecular formula is C21H26N4O4. The van der Waals surface area contributed by atoms with E-state index in [2.05, 4.69) is 10.4 Å². The molecule has 1 aliphatic carbocycles.